The molecule has 2 fully saturated rings. The molecule has 9 nitrogen and oxygen atoms in total. The molecule has 2 amide bonds. The number of piperidine rings is 1. The number of carbonyl (C=O) groups excluding carboxylic acids is 2. The molecular weight excluding hydrogens is 446 g/mol. The van der Waals surface area contributed by atoms with E-state index in [4.69, 9.17) is 9.47 Å². The van der Waals surface area contributed by atoms with Gasteiger partial charge in [-0.05, 0) is 49.3 Å². The molecule has 1 aromatic carbocycles. The average molecular weight is 482 g/mol. The highest BCUT2D eigenvalue weighted by atomic mass is 16.5. The lowest BCUT2D eigenvalue weighted by molar-refractivity contribution is -0.126. The zero-order valence-corrected chi connectivity index (χ0v) is 20.4. The van der Waals surface area contributed by atoms with Gasteiger partial charge in [0.15, 0.2) is 5.69 Å². The van der Waals surface area contributed by atoms with E-state index in [0.29, 0.717) is 49.8 Å². The summed E-state index contributed by atoms with van der Waals surface area (Å²) in [7, 11) is 1.64. The number of amides is 2. The number of rotatable bonds is 6. The highest BCUT2D eigenvalue weighted by Gasteiger charge is 2.33. The minimum Gasteiger partial charge on any atom is -0.497 e. The largest absolute Gasteiger partial charge is 0.497 e. The Bertz CT molecular complexity index is 1020. The number of aromatic nitrogens is 3. The second-order valence-corrected chi connectivity index (χ2v) is 9.96. The van der Waals surface area contributed by atoms with Crippen molar-refractivity contribution in [3.8, 4) is 5.75 Å². The molecule has 1 aliphatic carbocycles. The average Bonchev–Trinajstić information content (AvgIpc) is 3.35. The molecule has 3 heterocycles. The predicted octanol–water partition coefficient (Wildman–Crippen LogP) is 3.11. The summed E-state index contributed by atoms with van der Waals surface area (Å²) in [4.78, 5) is 27.7. The number of ether oxygens (including phenoxy) is 2. The Balaban J connectivity index is 1.13. The van der Waals surface area contributed by atoms with Gasteiger partial charge in [-0.15, -0.1) is 5.10 Å². The number of nitrogens with one attached hydrogen (secondary N) is 1. The molecule has 1 unspecified atom stereocenters. The van der Waals surface area contributed by atoms with Crippen LogP contribution in [-0.2, 0) is 22.7 Å². The lowest BCUT2D eigenvalue weighted by Gasteiger charge is -2.32. The maximum Gasteiger partial charge on any atom is 0.276 e. The van der Waals surface area contributed by atoms with Crippen LogP contribution < -0.4 is 10.1 Å². The van der Waals surface area contributed by atoms with E-state index in [9.17, 15) is 9.59 Å². The topological polar surface area (TPSA) is 98.6 Å². The van der Waals surface area contributed by atoms with Crippen LogP contribution in [0.3, 0.4) is 0 Å². The molecule has 2 aliphatic heterocycles. The van der Waals surface area contributed by atoms with Crippen LogP contribution in [0.25, 0.3) is 0 Å². The molecule has 0 spiro atoms. The van der Waals surface area contributed by atoms with Gasteiger partial charge in [-0.2, -0.15) is 0 Å². The summed E-state index contributed by atoms with van der Waals surface area (Å²) in [6.45, 7) is 2.70. The summed E-state index contributed by atoms with van der Waals surface area (Å²) >= 11 is 0. The summed E-state index contributed by atoms with van der Waals surface area (Å²) < 4.78 is 13.1. The molecule has 1 atom stereocenters. The maximum atomic E-state index is 13.2. The van der Waals surface area contributed by atoms with Crippen molar-refractivity contribution in [3.05, 3.63) is 41.2 Å². The van der Waals surface area contributed by atoms with Crippen LogP contribution in [0.4, 0.5) is 0 Å². The van der Waals surface area contributed by atoms with Gasteiger partial charge in [-0.1, -0.05) is 36.6 Å². The van der Waals surface area contributed by atoms with Gasteiger partial charge >= 0.3 is 0 Å². The third-order valence-electron chi connectivity index (χ3n) is 7.73. The van der Waals surface area contributed by atoms with Crippen molar-refractivity contribution in [2.24, 2.45) is 11.8 Å². The Morgan fingerprint density at radius 2 is 1.83 bits per heavy atom. The first-order valence-electron chi connectivity index (χ1n) is 12.9. The van der Waals surface area contributed by atoms with Crippen molar-refractivity contribution in [2.45, 2.75) is 64.2 Å². The Morgan fingerprint density at radius 1 is 1.09 bits per heavy atom. The molecule has 2 aromatic rings. The number of likely N-dealkylation sites (tertiary alicyclic amines) is 1. The van der Waals surface area contributed by atoms with E-state index in [1.54, 1.807) is 16.7 Å². The summed E-state index contributed by atoms with van der Waals surface area (Å²) in [6, 6.07) is 7.77. The molecule has 188 valence electrons. The number of carbonyl (C=O) groups is 2. The number of benzene rings is 1. The van der Waals surface area contributed by atoms with Gasteiger partial charge in [0.2, 0.25) is 5.91 Å². The number of hydrogen-bond acceptors (Lipinski definition) is 6. The van der Waals surface area contributed by atoms with Gasteiger partial charge in [0.25, 0.3) is 5.91 Å². The van der Waals surface area contributed by atoms with Crippen molar-refractivity contribution in [1.82, 2.24) is 25.2 Å². The minimum atomic E-state index is -0.152. The van der Waals surface area contributed by atoms with Gasteiger partial charge in [0, 0.05) is 25.6 Å². The zero-order chi connectivity index (χ0) is 24.2. The van der Waals surface area contributed by atoms with E-state index >= 15 is 0 Å². The van der Waals surface area contributed by atoms with E-state index in [2.05, 4.69) is 15.6 Å². The normalized spacial score (nSPS) is 21.4. The molecule has 1 saturated heterocycles. The fourth-order valence-electron chi connectivity index (χ4n) is 5.47. The monoisotopic (exact) mass is 481 g/mol. The fraction of sp³-hybridized carbons (Fsp3) is 0.615. The molecule has 1 aromatic heterocycles. The van der Waals surface area contributed by atoms with Crippen LogP contribution >= 0.6 is 0 Å². The molecule has 1 saturated carbocycles. The quantitative estimate of drug-likeness (QED) is 0.681. The van der Waals surface area contributed by atoms with Gasteiger partial charge < -0.3 is 19.7 Å². The van der Waals surface area contributed by atoms with Gasteiger partial charge in [0.1, 0.15) is 11.9 Å². The Hall–Kier alpha value is -2.94. The van der Waals surface area contributed by atoms with Crippen molar-refractivity contribution in [1.29, 1.82) is 0 Å². The molecule has 1 N–H and O–H groups in total. The molecule has 3 aliphatic rings. The molecule has 0 bridgehead atoms. The summed E-state index contributed by atoms with van der Waals surface area (Å²) in [6.07, 6.45) is 7.54. The summed E-state index contributed by atoms with van der Waals surface area (Å²) in [5.74, 6) is 1.41. The molecule has 35 heavy (non-hydrogen) atoms. The van der Waals surface area contributed by atoms with E-state index in [1.165, 1.54) is 32.1 Å². The second kappa shape index (κ2) is 10.8. The SMILES string of the molecule is COc1ccc(C2Cn3nnc(C(=O)N4CCC(C(=O)NCC5CCCCC5)CC4)c3CO2)cc1. The van der Waals surface area contributed by atoms with Crippen LogP contribution in [0.15, 0.2) is 24.3 Å². The first-order chi connectivity index (χ1) is 17.1. The molecule has 5 rings (SSSR count). The van der Waals surface area contributed by atoms with Crippen molar-refractivity contribution in [2.75, 3.05) is 26.7 Å². The van der Waals surface area contributed by atoms with Crippen LogP contribution in [0.1, 0.15) is 72.8 Å². The first-order valence-corrected chi connectivity index (χ1v) is 12.9. The third-order valence-corrected chi connectivity index (χ3v) is 7.73. The summed E-state index contributed by atoms with van der Waals surface area (Å²) in [5.41, 5.74) is 2.11. The predicted molar refractivity (Wildman–Crippen MR) is 129 cm³/mol. The van der Waals surface area contributed by atoms with E-state index in [-0.39, 0.29) is 30.4 Å². The van der Waals surface area contributed by atoms with Crippen molar-refractivity contribution < 1.29 is 19.1 Å². The summed E-state index contributed by atoms with van der Waals surface area (Å²) in [5, 5.41) is 11.6. The highest BCUT2D eigenvalue weighted by molar-refractivity contribution is 5.93. The maximum absolute atomic E-state index is 13.2. The number of hydrogen-bond donors (Lipinski definition) is 1. The van der Waals surface area contributed by atoms with Crippen molar-refractivity contribution >= 4 is 11.8 Å². The number of fused-ring (bicyclic) bond motifs is 1. The third kappa shape index (κ3) is 5.34. The lowest BCUT2D eigenvalue weighted by Crippen LogP contribution is -2.44. The molecular formula is C26H35N5O4. The zero-order valence-electron chi connectivity index (χ0n) is 20.4. The number of methoxy groups -OCH3 is 1. The fourth-order valence-corrected chi connectivity index (χ4v) is 5.47. The second-order valence-electron chi connectivity index (χ2n) is 9.96. The smallest absolute Gasteiger partial charge is 0.276 e. The molecule has 0 radical (unpaired) electrons. The van der Waals surface area contributed by atoms with E-state index in [0.717, 1.165) is 17.9 Å². The van der Waals surface area contributed by atoms with Crippen LogP contribution in [0.5, 0.6) is 5.75 Å². The lowest BCUT2D eigenvalue weighted by atomic mass is 9.89. The first kappa shape index (κ1) is 23.8. The van der Waals surface area contributed by atoms with Gasteiger partial charge in [0.05, 0.1) is 26.0 Å². The number of nitrogens with zero attached hydrogens (tertiary/aromatic N) is 4. The van der Waals surface area contributed by atoms with Crippen LogP contribution in [-0.4, -0.2) is 58.5 Å². The van der Waals surface area contributed by atoms with Gasteiger partial charge in [-0.3, -0.25) is 9.59 Å². The van der Waals surface area contributed by atoms with E-state index in [1.807, 2.05) is 24.3 Å². The van der Waals surface area contributed by atoms with Crippen LogP contribution in [0, 0.1) is 11.8 Å². The Kier molecular flexibility index (Phi) is 7.32. The van der Waals surface area contributed by atoms with E-state index < -0.39 is 0 Å². The molecule has 9 heteroatoms. The highest BCUT2D eigenvalue weighted by Crippen LogP contribution is 2.29. The Morgan fingerprint density at radius 3 is 2.54 bits per heavy atom. The van der Waals surface area contributed by atoms with Crippen molar-refractivity contribution in [3.63, 3.8) is 0 Å². The minimum absolute atomic E-state index is 0.0229. The van der Waals surface area contributed by atoms with Gasteiger partial charge in [-0.25, -0.2) is 4.68 Å². The Labute approximate surface area is 206 Å². The van der Waals surface area contributed by atoms with Crippen LogP contribution in [0.2, 0.25) is 0 Å². The standard InChI is InChI=1S/C26H35N5O4/c1-34-21-9-7-19(8-10-21)23-16-31-22(17-35-23)24(28-29-31)26(33)30-13-11-20(12-14-30)25(32)27-15-18-5-3-2-4-6-18/h7-10,18,20,23H,2-6,11-17H2,1H3,(H,27,32).